The smallest absolute Gasteiger partial charge is 0.338 e. The maximum atomic E-state index is 12.2. The number of ether oxygens (including phenoxy) is 3. The Labute approximate surface area is 124 Å². The summed E-state index contributed by atoms with van der Waals surface area (Å²) in [6, 6.07) is 8.72. The van der Waals surface area contributed by atoms with Gasteiger partial charge in [-0.2, -0.15) is 0 Å². The molecule has 114 valence electrons. The quantitative estimate of drug-likeness (QED) is 0.798. The van der Waals surface area contributed by atoms with Gasteiger partial charge in [0.15, 0.2) is 6.10 Å². The fourth-order valence-corrected chi connectivity index (χ4v) is 2.49. The average Bonchev–Trinajstić information content (AvgIpc) is 2.76. The van der Waals surface area contributed by atoms with Crippen LogP contribution in [-0.4, -0.2) is 30.4 Å². The van der Waals surface area contributed by atoms with Gasteiger partial charge in [-0.05, 0) is 18.6 Å². The second-order valence-corrected chi connectivity index (χ2v) is 5.16. The molecular formula is C16H20O5. The van der Waals surface area contributed by atoms with Crippen LogP contribution in [-0.2, 0) is 19.0 Å². The van der Waals surface area contributed by atoms with Gasteiger partial charge in [0.05, 0.1) is 11.7 Å². The van der Waals surface area contributed by atoms with E-state index in [1.807, 2.05) is 19.9 Å². The first-order chi connectivity index (χ1) is 10.0. The van der Waals surface area contributed by atoms with E-state index in [9.17, 15) is 9.59 Å². The highest BCUT2D eigenvalue weighted by Gasteiger charge is 2.45. The van der Waals surface area contributed by atoms with Crippen LogP contribution in [0.4, 0.5) is 0 Å². The van der Waals surface area contributed by atoms with E-state index >= 15 is 0 Å². The monoisotopic (exact) mass is 292 g/mol. The molecule has 1 saturated heterocycles. The molecule has 1 aliphatic heterocycles. The Hall–Kier alpha value is -1.88. The highest BCUT2D eigenvalue weighted by atomic mass is 16.7. The molecule has 0 saturated carbocycles. The molecule has 0 N–H and O–H groups in total. The summed E-state index contributed by atoms with van der Waals surface area (Å²) >= 11 is 0. The van der Waals surface area contributed by atoms with E-state index < -0.39 is 24.3 Å². The zero-order chi connectivity index (χ0) is 15.4. The molecule has 21 heavy (non-hydrogen) atoms. The van der Waals surface area contributed by atoms with Crippen LogP contribution >= 0.6 is 0 Å². The number of rotatable bonds is 4. The average molecular weight is 292 g/mol. The summed E-state index contributed by atoms with van der Waals surface area (Å²) in [5.41, 5.74) is 0.464. The van der Waals surface area contributed by atoms with Crippen LogP contribution in [0, 0.1) is 5.92 Å². The van der Waals surface area contributed by atoms with Gasteiger partial charge in [0.25, 0.3) is 0 Å². The third kappa shape index (κ3) is 3.61. The van der Waals surface area contributed by atoms with Gasteiger partial charge in [0.1, 0.15) is 0 Å². The van der Waals surface area contributed by atoms with Gasteiger partial charge in [-0.3, -0.25) is 4.79 Å². The Kier molecular flexibility index (Phi) is 4.96. The maximum absolute atomic E-state index is 12.2. The molecule has 0 bridgehead atoms. The summed E-state index contributed by atoms with van der Waals surface area (Å²) in [6.07, 6.45) is -0.761. The van der Waals surface area contributed by atoms with Crippen LogP contribution in [0.1, 0.15) is 37.6 Å². The van der Waals surface area contributed by atoms with E-state index in [1.54, 1.807) is 24.3 Å². The fraction of sp³-hybridized carbons (Fsp3) is 0.500. The van der Waals surface area contributed by atoms with E-state index in [0.717, 1.165) is 6.42 Å². The van der Waals surface area contributed by atoms with Crippen molar-refractivity contribution in [2.75, 3.05) is 0 Å². The van der Waals surface area contributed by atoms with Crippen LogP contribution in [0.5, 0.6) is 0 Å². The zero-order valence-corrected chi connectivity index (χ0v) is 12.4. The number of hydrogen-bond acceptors (Lipinski definition) is 5. The van der Waals surface area contributed by atoms with Crippen molar-refractivity contribution >= 4 is 11.9 Å². The highest BCUT2D eigenvalue weighted by Crippen LogP contribution is 2.32. The molecule has 1 heterocycles. The van der Waals surface area contributed by atoms with Crippen LogP contribution < -0.4 is 0 Å². The summed E-state index contributed by atoms with van der Waals surface area (Å²) in [6.45, 7) is 5.22. The van der Waals surface area contributed by atoms with Crippen LogP contribution in [0.2, 0.25) is 0 Å². The molecule has 1 aliphatic rings. The van der Waals surface area contributed by atoms with Gasteiger partial charge >= 0.3 is 11.9 Å². The highest BCUT2D eigenvalue weighted by molar-refractivity contribution is 5.89. The number of esters is 2. The third-order valence-corrected chi connectivity index (χ3v) is 3.62. The van der Waals surface area contributed by atoms with Crippen molar-refractivity contribution in [3.63, 3.8) is 0 Å². The normalized spacial score (nSPS) is 28.1. The van der Waals surface area contributed by atoms with E-state index in [4.69, 9.17) is 14.2 Å². The molecule has 1 aromatic carbocycles. The van der Waals surface area contributed by atoms with Gasteiger partial charge in [-0.25, -0.2) is 4.79 Å². The lowest BCUT2D eigenvalue weighted by molar-refractivity contribution is -0.186. The molecule has 0 radical (unpaired) electrons. The molecule has 0 amide bonds. The molecule has 1 fully saturated rings. The van der Waals surface area contributed by atoms with Gasteiger partial charge in [-0.15, -0.1) is 0 Å². The van der Waals surface area contributed by atoms with E-state index in [-0.39, 0.29) is 12.0 Å². The Morgan fingerprint density at radius 1 is 1.19 bits per heavy atom. The largest absolute Gasteiger partial charge is 0.452 e. The molecule has 5 nitrogen and oxygen atoms in total. The summed E-state index contributed by atoms with van der Waals surface area (Å²) in [4.78, 5) is 23.3. The van der Waals surface area contributed by atoms with Crippen molar-refractivity contribution in [1.29, 1.82) is 0 Å². The molecule has 1 aromatic rings. The van der Waals surface area contributed by atoms with Crippen molar-refractivity contribution < 1.29 is 23.8 Å². The molecule has 0 aromatic heterocycles. The molecular weight excluding hydrogens is 272 g/mol. The van der Waals surface area contributed by atoms with E-state index in [1.165, 1.54) is 6.92 Å². The first kappa shape index (κ1) is 15.5. The minimum Gasteiger partial charge on any atom is -0.452 e. The second kappa shape index (κ2) is 6.72. The summed E-state index contributed by atoms with van der Waals surface area (Å²) in [5, 5.41) is 0. The zero-order valence-electron chi connectivity index (χ0n) is 12.4. The maximum Gasteiger partial charge on any atom is 0.338 e. The topological polar surface area (TPSA) is 61.8 Å². The van der Waals surface area contributed by atoms with Crippen molar-refractivity contribution in [3.05, 3.63) is 35.9 Å². The third-order valence-electron chi connectivity index (χ3n) is 3.62. The number of carbonyl (C=O) groups excluding carboxylic acids is 2. The van der Waals surface area contributed by atoms with Gasteiger partial charge in [0, 0.05) is 12.8 Å². The van der Waals surface area contributed by atoms with Crippen molar-refractivity contribution in [1.82, 2.24) is 0 Å². The minimum absolute atomic E-state index is 0.0352. The molecule has 2 rings (SSSR count). The number of carbonyl (C=O) groups is 2. The Bertz CT molecular complexity index is 499. The summed E-state index contributed by atoms with van der Waals surface area (Å²) in [7, 11) is 0. The van der Waals surface area contributed by atoms with Gasteiger partial charge in [0.2, 0.25) is 6.29 Å². The van der Waals surface area contributed by atoms with Crippen molar-refractivity contribution in [3.8, 4) is 0 Å². The predicted octanol–water partition coefficient (Wildman–Crippen LogP) is 2.55. The van der Waals surface area contributed by atoms with Crippen LogP contribution in [0.25, 0.3) is 0 Å². The lowest BCUT2D eigenvalue weighted by Crippen LogP contribution is -2.34. The standard InChI is InChI=1S/C16H20O5/c1-4-13-10(2)14(16(20-13)19-11(3)17)21-15(18)12-8-6-5-7-9-12/h5-10,13-14,16H,4H2,1-3H3/t10-,13-,14-,16-/m0/s1. The molecule has 4 atom stereocenters. The summed E-state index contributed by atoms with van der Waals surface area (Å²) < 4.78 is 16.3. The van der Waals surface area contributed by atoms with E-state index in [0.29, 0.717) is 5.56 Å². The Balaban J connectivity index is 2.11. The summed E-state index contributed by atoms with van der Waals surface area (Å²) in [5.74, 6) is -0.929. The fourth-order valence-electron chi connectivity index (χ4n) is 2.49. The molecule has 0 aliphatic carbocycles. The van der Waals surface area contributed by atoms with Gasteiger partial charge in [-0.1, -0.05) is 32.0 Å². The lowest BCUT2D eigenvalue weighted by Gasteiger charge is -2.21. The SMILES string of the molecule is CC[C@@H]1O[C@H](OC(C)=O)[C@@H](OC(=O)c2ccccc2)[C@H]1C. The lowest BCUT2D eigenvalue weighted by atomic mass is 9.99. The Morgan fingerprint density at radius 2 is 1.86 bits per heavy atom. The predicted molar refractivity (Wildman–Crippen MR) is 75.5 cm³/mol. The van der Waals surface area contributed by atoms with Gasteiger partial charge < -0.3 is 14.2 Å². The first-order valence-corrected chi connectivity index (χ1v) is 7.11. The van der Waals surface area contributed by atoms with Crippen molar-refractivity contribution in [2.24, 2.45) is 5.92 Å². The Morgan fingerprint density at radius 3 is 2.43 bits per heavy atom. The molecule has 0 unspecified atom stereocenters. The van der Waals surface area contributed by atoms with Crippen LogP contribution in [0.15, 0.2) is 30.3 Å². The first-order valence-electron chi connectivity index (χ1n) is 7.11. The van der Waals surface area contributed by atoms with E-state index in [2.05, 4.69) is 0 Å². The van der Waals surface area contributed by atoms with Crippen LogP contribution in [0.3, 0.4) is 0 Å². The number of benzene rings is 1. The number of hydrogen-bond donors (Lipinski definition) is 0. The van der Waals surface area contributed by atoms with Crippen molar-refractivity contribution in [2.45, 2.75) is 45.7 Å². The molecule has 5 heteroatoms. The second-order valence-electron chi connectivity index (χ2n) is 5.16. The minimum atomic E-state index is -0.838. The molecule has 0 spiro atoms.